The van der Waals surface area contributed by atoms with E-state index in [0.717, 1.165) is 23.1 Å². The first-order valence-electron chi connectivity index (χ1n) is 11.3. The van der Waals surface area contributed by atoms with E-state index < -0.39 is 25.8 Å². The van der Waals surface area contributed by atoms with Crippen molar-refractivity contribution >= 4 is 70.3 Å². The first kappa shape index (κ1) is 27.4. The fourth-order valence-electron chi connectivity index (χ4n) is 3.98. The van der Waals surface area contributed by atoms with E-state index in [2.05, 4.69) is 4.99 Å². The topological polar surface area (TPSA) is 115 Å². The van der Waals surface area contributed by atoms with Crippen LogP contribution >= 0.6 is 34.3 Å². The monoisotopic (exact) mass is 591 g/mol. The molecule has 0 unspecified atom stereocenters. The first-order valence-corrected chi connectivity index (χ1v) is 16.6. The number of halogens is 1. The summed E-state index contributed by atoms with van der Waals surface area (Å²) in [6.45, 7) is 3.75. The largest absolute Gasteiger partial charge is 0.380 e. The van der Waals surface area contributed by atoms with Crippen LogP contribution in [0.5, 0.6) is 0 Å². The van der Waals surface area contributed by atoms with E-state index in [-0.39, 0.29) is 28.1 Å². The van der Waals surface area contributed by atoms with Gasteiger partial charge in [-0.2, -0.15) is 9.30 Å². The maximum atomic E-state index is 13.1. The van der Waals surface area contributed by atoms with Crippen LogP contribution in [-0.2, 0) is 35.9 Å². The van der Waals surface area contributed by atoms with Crippen LogP contribution in [0, 0.1) is 5.92 Å². The summed E-state index contributed by atoms with van der Waals surface area (Å²) in [6, 6.07) is 7.91. The molecule has 196 valence electrons. The van der Waals surface area contributed by atoms with Gasteiger partial charge in [-0.15, -0.1) is 11.3 Å². The van der Waals surface area contributed by atoms with E-state index in [4.69, 9.17) is 16.3 Å². The van der Waals surface area contributed by atoms with Gasteiger partial charge >= 0.3 is 0 Å². The molecule has 36 heavy (non-hydrogen) atoms. The lowest BCUT2D eigenvalue weighted by Crippen LogP contribution is -2.40. The standard InChI is InChI=1S/C22H26ClN3O6S4/c1-3-32-13-12-26-17-5-4-16(35(2,28)29)14-18(17)33-22(26)24-21(27)15-8-10-25(11-9-15)36(30,31)20-7-6-19(23)34-20/h4-7,14-15H,3,8-13H2,1-2H3. The van der Waals surface area contributed by atoms with Crippen molar-refractivity contribution in [3.05, 3.63) is 39.5 Å². The predicted molar refractivity (Wildman–Crippen MR) is 141 cm³/mol. The summed E-state index contributed by atoms with van der Waals surface area (Å²) in [5.74, 6) is -0.716. The molecular weight excluding hydrogens is 566 g/mol. The SMILES string of the molecule is CCOCCn1c(=NC(=O)C2CCN(S(=O)(=O)c3ccc(Cl)s3)CC2)sc2cc(S(C)(=O)=O)ccc21. The van der Waals surface area contributed by atoms with Crippen molar-refractivity contribution in [2.45, 2.75) is 35.4 Å². The lowest BCUT2D eigenvalue weighted by Gasteiger charge is -2.29. The van der Waals surface area contributed by atoms with E-state index in [1.54, 1.807) is 24.3 Å². The van der Waals surface area contributed by atoms with Crippen molar-refractivity contribution in [3.63, 3.8) is 0 Å². The van der Waals surface area contributed by atoms with Crippen LogP contribution in [-0.4, -0.2) is 64.2 Å². The summed E-state index contributed by atoms with van der Waals surface area (Å²) < 4.78 is 59.7. The van der Waals surface area contributed by atoms with Crippen LogP contribution in [0.3, 0.4) is 0 Å². The average Bonchev–Trinajstić information content (AvgIpc) is 3.42. The van der Waals surface area contributed by atoms with Crippen LogP contribution in [0.2, 0.25) is 4.34 Å². The fourth-order valence-corrected chi connectivity index (χ4v) is 8.91. The summed E-state index contributed by atoms with van der Waals surface area (Å²) in [7, 11) is -7.02. The van der Waals surface area contributed by atoms with Gasteiger partial charge in [0.2, 0.25) is 0 Å². The van der Waals surface area contributed by atoms with E-state index >= 15 is 0 Å². The van der Waals surface area contributed by atoms with Gasteiger partial charge in [0.15, 0.2) is 14.6 Å². The first-order chi connectivity index (χ1) is 17.0. The zero-order valence-corrected chi connectivity index (χ0v) is 23.7. The van der Waals surface area contributed by atoms with E-state index in [1.165, 1.54) is 21.7 Å². The van der Waals surface area contributed by atoms with Crippen LogP contribution in [0.15, 0.2) is 44.4 Å². The average molecular weight is 592 g/mol. The molecule has 4 rings (SSSR count). The molecule has 0 aliphatic carbocycles. The van der Waals surface area contributed by atoms with Crippen LogP contribution in [0.25, 0.3) is 10.2 Å². The number of thiazole rings is 1. The molecule has 0 bridgehead atoms. The minimum absolute atomic E-state index is 0.191. The molecule has 0 N–H and O–H groups in total. The van der Waals surface area contributed by atoms with Gasteiger partial charge in [-0.1, -0.05) is 22.9 Å². The molecule has 0 atom stereocenters. The van der Waals surface area contributed by atoms with Gasteiger partial charge in [0.05, 0.1) is 26.1 Å². The second kappa shape index (κ2) is 11.0. The maximum Gasteiger partial charge on any atom is 0.252 e. The Kier molecular flexibility index (Phi) is 8.39. The van der Waals surface area contributed by atoms with E-state index in [1.807, 2.05) is 11.5 Å². The van der Waals surface area contributed by atoms with Crippen molar-refractivity contribution in [1.29, 1.82) is 0 Å². The number of carbonyl (C=O) groups is 1. The number of hydrogen-bond donors (Lipinski definition) is 0. The molecule has 1 fully saturated rings. The predicted octanol–water partition coefficient (Wildman–Crippen LogP) is 3.39. The number of carbonyl (C=O) groups excluding carboxylic acids is 1. The molecule has 1 aromatic carbocycles. The quantitative estimate of drug-likeness (QED) is 0.371. The Hall–Kier alpha value is -1.61. The van der Waals surface area contributed by atoms with Gasteiger partial charge in [-0.3, -0.25) is 4.79 Å². The Morgan fingerprint density at radius 1 is 1.14 bits per heavy atom. The number of aromatic nitrogens is 1. The van der Waals surface area contributed by atoms with Crippen LogP contribution < -0.4 is 4.80 Å². The van der Waals surface area contributed by atoms with E-state index in [0.29, 0.717) is 46.4 Å². The van der Waals surface area contributed by atoms with Crippen molar-refractivity contribution in [2.24, 2.45) is 10.9 Å². The fraction of sp³-hybridized carbons (Fsp3) is 0.455. The number of benzene rings is 1. The number of nitrogens with zero attached hydrogens (tertiary/aromatic N) is 3. The summed E-state index contributed by atoms with van der Waals surface area (Å²) in [5, 5.41) is 0. The number of fused-ring (bicyclic) bond motifs is 1. The van der Waals surface area contributed by atoms with Crippen molar-refractivity contribution in [1.82, 2.24) is 8.87 Å². The minimum atomic E-state index is -3.64. The van der Waals surface area contributed by atoms with Gasteiger partial charge in [-0.25, -0.2) is 16.8 Å². The lowest BCUT2D eigenvalue weighted by molar-refractivity contribution is -0.122. The third kappa shape index (κ3) is 5.93. The molecule has 1 aliphatic heterocycles. The molecule has 2 aromatic heterocycles. The number of sulfone groups is 1. The number of rotatable bonds is 8. The third-order valence-corrected chi connectivity index (χ3v) is 11.6. The second-order valence-electron chi connectivity index (χ2n) is 8.32. The summed E-state index contributed by atoms with van der Waals surface area (Å²) >= 11 is 8.16. The number of hydrogen-bond acceptors (Lipinski definition) is 8. The number of piperidine rings is 1. The number of amides is 1. The van der Waals surface area contributed by atoms with Crippen molar-refractivity contribution in [3.8, 4) is 0 Å². The number of sulfonamides is 1. The van der Waals surface area contributed by atoms with Gasteiger partial charge < -0.3 is 9.30 Å². The molecule has 3 aromatic rings. The summed E-state index contributed by atoms with van der Waals surface area (Å²) in [6.07, 6.45) is 1.88. The zero-order chi connectivity index (χ0) is 26.1. The molecule has 1 amide bonds. The highest BCUT2D eigenvalue weighted by Gasteiger charge is 2.33. The molecule has 3 heterocycles. The smallest absolute Gasteiger partial charge is 0.252 e. The van der Waals surface area contributed by atoms with Crippen molar-refractivity contribution in [2.75, 3.05) is 32.6 Å². The lowest BCUT2D eigenvalue weighted by atomic mass is 9.98. The molecule has 9 nitrogen and oxygen atoms in total. The summed E-state index contributed by atoms with van der Waals surface area (Å²) in [5.41, 5.74) is 0.772. The molecule has 0 saturated carbocycles. The molecule has 14 heteroatoms. The summed E-state index contributed by atoms with van der Waals surface area (Å²) in [4.78, 5) is 18.2. The Morgan fingerprint density at radius 3 is 2.47 bits per heavy atom. The van der Waals surface area contributed by atoms with E-state index in [9.17, 15) is 21.6 Å². The third-order valence-electron chi connectivity index (χ3n) is 5.90. The van der Waals surface area contributed by atoms with Gasteiger partial charge in [0.25, 0.3) is 15.9 Å². The number of thiophene rings is 1. The molecule has 1 aliphatic rings. The zero-order valence-electron chi connectivity index (χ0n) is 19.7. The number of ether oxygens (including phenoxy) is 1. The molecule has 0 spiro atoms. The van der Waals surface area contributed by atoms with Gasteiger partial charge in [0, 0.05) is 38.4 Å². The second-order valence-corrected chi connectivity index (χ2v) is 15.2. The van der Waals surface area contributed by atoms with Gasteiger partial charge in [0.1, 0.15) is 4.21 Å². The highest BCUT2D eigenvalue weighted by atomic mass is 35.5. The van der Waals surface area contributed by atoms with Crippen molar-refractivity contribution < 1.29 is 26.4 Å². The Bertz CT molecular complexity index is 1550. The maximum absolute atomic E-state index is 13.1. The molecule has 0 radical (unpaired) electrons. The molecular formula is C22H26ClN3O6S4. The highest BCUT2D eigenvalue weighted by molar-refractivity contribution is 7.91. The van der Waals surface area contributed by atoms with Crippen LogP contribution in [0.4, 0.5) is 0 Å². The Morgan fingerprint density at radius 2 is 1.86 bits per heavy atom. The van der Waals surface area contributed by atoms with Crippen LogP contribution in [0.1, 0.15) is 19.8 Å². The normalized spacial score (nSPS) is 16.7. The Balaban J connectivity index is 1.57. The molecule has 1 saturated heterocycles. The Labute approximate surface area is 223 Å². The highest BCUT2D eigenvalue weighted by Crippen LogP contribution is 2.31. The minimum Gasteiger partial charge on any atom is -0.380 e. The van der Waals surface area contributed by atoms with Gasteiger partial charge in [-0.05, 0) is 50.1 Å².